The first kappa shape index (κ1) is 50.4. The Hall–Kier alpha value is -7.00. The van der Waals surface area contributed by atoms with Gasteiger partial charge in [-0.2, -0.15) is 5.10 Å². The fraction of sp³-hybridized carbons (Fsp3) is 0.420. The monoisotopic (exact) mass is 1040 g/mol. The van der Waals surface area contributed by atoms with Crippen LogP contribution < -0.4 is 10.9 Å². The van der Waals surface area contributed by atoms with E-state index in [0.29, 0.717) is 83.8 Å². The lowest BCUT2D eigenvalue weighted by Crippen LogP contribution is -2.53. The van der Waals surface area contributed by atoms with Crippen molar-refractivity contribution < 1.29 is 37.7 Å². The van der Waals surface area contributed by atoms with E-state index in [0.717, 1.165) is 25.9 Å². The maximum absolute atomic E-state index is 15.1. The Morgan fingerprint density at radius 2 is 1.65 bits per heavy atom. The fourth-order valence-corrected chi connectivity index (χ4v) is 9.28. The normalized spacial score (nSPS) is 15.8. The van der Waals surface area contributed by atoms with Crippen LogP contribution in [-0.2, 0) is 27.3 Å². The van der Waals surface area contributed by atoms with Crippen LogP contribution >= 0.6 is 15.9 Å². The van der Waals surface area contributed by atoms with Gasteiger partial charge < -0.3 is 24.8 Å². The molecule has 2 saturated heterocycles. The van der Waals surface area contributed by atoms with Crippen LogP contribution in [0.2, 0.25) is 0 Å². The molecule has 0 unspecified atom stereocenters. The Labute approximate surface area is 418 Å². The molecule has 0 radical (unpaired) electrons. The summed E-state index contributed by atoms with van der Waals surface area (Å²) in [5, 5.41) is 10.7. The van der Waals surface area contributed by atoms with Gasteiger partial charge in [0, 0.05) is 73.9 Å². The summed E-state index contributed by atoms with van der Waals surface area (Å²) in [4.78, 5) is 101. The quantitative estimate of drug-likeness (QED) is 0.159. The van der Waals surface area contributed by atoms with Gasteiger partial charge in [-0.05, 0) is 85.4 Å². The number of anilines is 1. The van der Waals surface area contributed by atoms with E-state index in [1.165, 1.54) is 29.6 Å². The zero-order valence-corrected chi connectivity index (χ0v) is 41.6. The minimum Gasteiger partial charge on any atom is -0.444 e. The highest BCUT2D eigenvalue weighted by Crippen LogP contribution is 2.25. The van der Waals surface area contributed by atoms with E-state index in [2.05, 4.69) is 62.1 Å². The van der Waals surface area contributed by atoms with E-state index in [1.807, 2.05) is 12.1 Å². The highest BCUT2D eigenvalue weighted by Gasteiger charge is 2.32. The number of nitrogens with one attached hydrogen (secondary N) is 2. The molecule has 0 bridgehead atoms. The zero-order valence-electron chi connectivity index (χ0n) is 40.0. The van der Waals surface area contributed by atoms with Crippen molar-refractivity contribution in [1.82, 2.24) is 49.6 Å². The van der Waals surface area contributed by atoms with Crippen LogP contribution in [-0.4, -0.2) is 174 Å². The van der Waals surface area contributed by atoms with Gasteiger partial charge in [0.15, 0.2) is 18.5 Å². The number of amides is 5. The third-order valence-electron chi connectivity index (χ3n) is 12.7. The number of rotatable bonds is 13. The molecule has 2 aromatic carbocycles. The van der Waals surface area contributed by atoms with E-state index in [-0.39, 0.29) is 67.0 Å². The number of nitrogens with zero attached hydrogens (tertiary/aromatic N) is 10. The minimum atomic E-state index is -0.797. The third-order valence-corrected chi connectivity index (χ3v) is 13.1. The van der Waals surface area contributed by atoms with Crippen LogP contribution in [0.4, 0.5) is 14.9 Å². The minimum absolute atomic E-state index is 0.00370. The highest BCUT2D eigenvalue weighted by atomic mass is 79.9. The summed E-state index contributed by atoms with van der Waals surface area (Å²) in [5.41, 5.74) is 0.982. The van der Waals surface area contributed by atoms with Crippen LogP contribution in [0.25, 0.3) is 10.8 Å². The molecule has 0 saturated carbocycles. The van der Waals surface area contributed by atoms with Crippen molar-refractivity contribution in [3.05, 3.63) is 122 Å². The topological polar surface area (TPSA) is 210 Å². The molecular weight excluding hydrogens is 980 g/mol. The predicted molar refractivity (Wildman–Crippen MR) is 264 cm³/mol. The van der Waals surface area contributed by atoms with Crippen LogP contribution in [0.5, 0.6) is 0 Å². The number of ether oxygens (including phenoxy) is 1. The lowest BCUT2D eigenvalue weighted by Gasteiger charge is -2.36. The van der Waals surface area contributed by atoms with Gasteiger partial charge in [-0.25, -0.2) is 33.8 Å². The van der Waals surface area contributed by atoms with Gasteiger partial charge >= 0.3 is 6.09 Å². The molecule has 6 heterocycles. The Morgan fingerprint density at radius 3 is 2.35 bits per heavy atom. The number of hydrogen-bond acceptors (Lipinski definition) is 12. The number of pyridine rings is 1. The Balaban J connectivity index is 0.778. The van der Waals surface area contributed by atoms with Gasteiger partial charge in [0.1, 0.15) is 30.8 Å². The molecule has 5 aromatic rings. The maximum Gasteiger partial charge on any atom is 0.411 e. The van der Waals surface area contributed by atoms with Gasteiger partial charge in [-0.15, -0.1) is 0 Å². The molecule has 8 rings (SSSR count). The highest BCUT2D eigenvalue weighted by molar-refractivity contribution is 9.10. The number of carbonyl (C=O) groups excluding carboxylic acids is 5. The van der Waals surface area contributed by atoms with Gasteiger partial charge in [0.2, 0.25) is 11.8 Å². The van der Waals surface area contributed by atoms with Gasteiger partial charge in [-0.1, -0.05) is 24.3 Å². The molecular formula is C50H57BrFN12O7+. The first-order valence-electron chi connectivity index (χ1n) is 23.7. The van der Waals surface area contributed by atoms with E-state index in [4.69, 9.17) is 4.74 Å². The first-order chi connectivity index (χ1) is 34.1. The van der Waals surface area contributed by atoms with Crippen molar-refractivity contribution in [3.63, 3.8) is 0 Å². The molecule has 0 atom stereocenters. The fourth-order valence-electron chi connectivity index (χ4n) is 8.95. The average molecular weight is 1040 g/mol. The van der Waals surface area contributed by atoms with Gasteiger partial charge in [0.25, 0.3) is 17.4 Å². The zero-order chi connectivity index (χ0) is 50.2. The summed E-state index contributed by atoms with van der Waals surface area (Å²) in [6.45, 7) is 10.3. The Kier molecular flexibility index (Phi) is 15.9. The summed E-state index contributed by atoms with van der Waals surface area (Å²) in [6.07, 6.45) is 7.70. The number of H-pyrrole nitrogens is 1. The van der Waals surface area contributed by atoms with Crippen LogP contribution in [0, 0.1) is 11.7 Å². The number of fused-ring (bicyclic) bond motifs is 1. The van der Waals surface area contributed by atoms with Crippen molar-refractivity contribution in [2.24, 2.45) is 5.92 Å². The number of halogens is 2. The van der Waals surface area contributed by atoms with E-state index in [9.17, 15) is 28.8 Å². The number of hydrogen-bond donors (Lipinski definition) is 2. The maximum atomic E-state index is 15.1. The first-order valence-corrected chi connectivity index (χ1v) is 24.4. The molecule has 3 aromatic heterocycles. The number of benzene rings is 2. The van der Waals surface area contributed by atoms with Crippen molar-refractivity contribution in [1.29, 1.82) is 0 Å². The molecule has 19 nitrogen and oxygen atoms in total. The van der Waals surface area contributed by atoms with E-state index >= 15 is 4.39 Å². The molecule has 3 aliphatic rings. The summed E-state index contributed by atoms with van der Waals surface area (Å²) in [6, 6.07) is 14.8. The number of aromatic nitrogens is 5. The van der Waals surface area contributed by atoms with Crippen LogP contribution in [0.3, 0.4) is 0 Å². The van der Waals surface area contributed by atoms with Gasteiger partial charge in [-0.3, -0.25) is 33.8 Å². The van der Waals surface area contributed by atoms with E-state index in [1.54, 1.807) is 72.0 Å². The van der Waals surface area contributed by atoms with Crippen molar-refractivity contribution in [2.75, 3.05) is 83.9 Å². The number of likely N-dealkylation sites (tertiary alicyclic amines) is 1. The molecule has 71 heavy (non-hydrogen) atoms. The second kappa shape index (κ2) is 22.4. The summed E-state index contributed by atoms with van der Waals surface area (Å²) in [5.74, 6) is -1.59. The van der Waals surface area contributed by atoms with Gasteiger partial charge in [0.05, 0.1) is 54.2 Å². The SMILES string of the molecule is CC(C)(C)OC(=O)N(CC(=O)Nc1cc(Br)cnc1C(=O)N1CCC(C[N+]2=CCN(CC(=O)N3CCN(C(=O)c4cc(Cc5n[nH]c(=O)c6ccccc56)ccc4F)CC3)CC2)CC1)Cc1ccncn1. The van der Waals surface area contributed by atoms with Crippen LogP contribution in [0.15, 0.2) is 82.6 Å². The standard InChI is InChI=1S/C50H56BrFN12O7/c1-50(2,3)71-49(70)64(29-36-10-13-53-32-55-36)30-43(65)56-42-26-35(51)27-54-45(42)48(69)62-14-11-33(12-15-62)28-59-16-18-60(19-17-59)31-44(66)61-20-22-63(23-21-61)47(68)39-24-34(8-9-40(39)52)25-41-37-6-4-5-7-38(37)46(67)58-57-41/h4-10,13,16,24,26-27,32-33H,11-12,14-15,17-23,25,28-31H2,1-3H3,(H-,56,58,65,67,69)/p+1. The number of piperazine rings is 1. The number of carbonyl (C=O) groups is 5. The summed E-state index contributed by atoms with van der Waals surface area (Å²) < 4.78 is 23.5. The number of piperidine rings is 1. The molecule has 3 aliphatic heterocycles. The van der Waals surface area contributed by atoms with E-state index < -0.39 is 29.3 Å². The van der Waals surface area contributed by atoms with Crippen LogP contribution in [0.1, 0.15) is 71.4 Å². The molecule has 0 aliphatic carbocycles. The second-order valence-corrected chi connectivity index (χ2v) is 19.9. The molecule has 2 fully saturated rings. The lowest BCUT2D eigenvalue weighted by atomic mass is 9.96. The molecule has 5 amide bonds. The molecule has 2 N–H and O–H groups in total. The summed E-state index contributed by atoms with van der Waals surface area (Å²) >= 11 is 3.40. The second-order valence-electron chi connectivity index (χ2n) is 19.0. The van der Waals surface area contributed by atoms with Crippen molar-refractivity contribution in [3.8, 4) is 0 Å². The summed E-state index contributed by atoms with van der Waals surface area (Å²) in [7, 11) is 0. The molecule has 21 heteroatoms. The molecule has 372 valence electrons. The largest absolute Gasteiger partial charge is 0.444 e. The Bertz CT molecular complexity index is 2880. The molecule has 0 spiro atoms. The number of aromatic amines is 1. The van der Waals surface area contributed by atoms with Crippen molar-refractivity contribution in [2.45, 2.75) is 52.2 Å². The van der Waals surface area contributed by atoms with Crippen molar-refractivity contribution >= 4 is 68.3 Å². The smallest absolute Gasteiger partial charge is 0.411 e. The Morgan fingerprint density at radius 1 is 0.915 bits per heavy atom. The third kappa shape index (κ3) is 13.1. The predicted octanol–water partition coefficient (Wildman–Crippen LogP) is 4.21. The average Bonchev–Trinajstić information content (AvgIpc) is 3.35. The lowest BCUT2D eigenvalue weighted by molar-refractivity contribution is -0.536.